The van der Waals surface area contributed by atoms with Crippen molar-refractivity contribution in [2.24, 2.45) is 0 Å². The number of ketones is 1. The summed E-state index contributed by atoms with van der Waals surface area (Å²) in [5, 5.41) is 6.08. The molecule has 1 unspecified atom stereocenters. The van der Waals surface area contributed by atoms with Crippen LogP contribution >= 0.6 is 0 Å². The standard InChI is InChI=1S/C21H38N2O5/c1-5-7-10-20(25)22-11-8-13-26-15-17-28-18-16-27-14-9-12-23-21(4,6-2)19(3)24/h1,23H,6-18H2,2-4H3,(H,22,25). The Hall–Kier alpha value is -1.46. The van der Waals surface area contributed by atoms with Crippen molar-refractivity contribution in [2.75, 3.05) is 52.7 Å². The highest BCUT2D eigenvalue weighted by atomic mass is 16.5. The van der Waals surface area contributed by atoms with Gasteiger partial charge < -0.3 is 24.8 Å². The minimum atomic E-state index is -0.434. The fraction of sp³-hybridized carbons (Fsp3) is 0.810. The SMILES string of the molecule is C#CCCC(=O)NCCCOCCOCCOCCCNC(C)(CC)C(C)=O. The Morgan fingerprint density at radius 1 is 0.964 bits per heavy atom. The van der Waals surface area contributed by atoms with Crippen LogP contribution in [0.25, 0.3) is 0 Å². The zero-order valence-electron chi connectivity index (χ0n) is 17.8. The maximum atomic E-state index is 11.6. The molecule has 7 nitrogen and oxygen atoms in total. The monoisotopic (exact) mass is 398 g/mol. The zero-order valence-corrected chi connectivity index (χ0v) is 17.8. The Labute approximate surface area is 170 Å². The van der Waals surface area contributed by atoms with E-state index in [0.29, 0.717) is 59.0 Å². The number of Topliss-reactive ketones (excluding diaryl/α,β-unsaturated/α-hetero) is 1. The first kappa shape index (κ1) is 26.5. The Kier molecular flexibility index (Phi) is 16.7. The normalized spacial score (nSPS) is 12.9. The van der Waals surface area contributed by atoms with E-state index in [1.807, 2.05) is 13.8 Å². The minimum absolute atomic E-state index is 0.0182. The molecule has 0 aromatic heterocycles. The number of carbonyl (C=O) groups excluding carboxylic acids is 2. The van der Waals surface area contributed by atoms with Crippen LogP contribution in [-0.2, 0) is 23.8 Å². The van der Waals surface area contributed by atoms with Crippen molar-refractivity contribution in [3.63, 3.8) is 0 Å². The van der Waals surface area contributed by atoms with Crippen LogP contribution in [0.15, 0.2) is 0 Å². The molecule has 0 saturated heterocycles. The Balaban J connectivity index is 3.29. The first-order valence-electron chi connectivity index (χ1n) is 10.2. The number of terminal acetylenes is 1. The zero-order chi connectivity index (χ0) is 21.1. The molecule has 0 fully saturated rings. The molecule has 0 bridgehead atoms. The fourth-order valence-corrected chi connectivity index (χ4v) is 2.25. The van der Waals surface area contributed by atoms with Crippen LogP contribution in [0, 0.1) is 12.3 Å². The van der Waals surface area contributed by atoms with E-state index in [0.717, 1.165) is 25.8 Å². The minimum Gasteiger partial charge on any atom is -0.379 e. The van der Waals surface area contributed by atoms with Crippen LogP contribution in [0.3, 0.4) is 0 Å². The molecule has 0 heterocycles. The fourth-order valence-electron chi connectivity index (χ4n) is 2.25. The van der Waals surface area contributed by atoms with Gasteiger partial charge in [0.1, 0.15) is 5.78 Å². The molecule has 0 aliphatic rings. The highest BCUT2D eigenvalue weighted by Crippen LogP contribution is 2.09. The summed E-state index contributed by atoms with van der Waals surface area (Å²) in [4.78, 5) is 22.9. The lowest BCUT2D eigenvalue weighted by atomic mass is 9.94. The van der Waals surface area contributed by atoms with Crippen molar-refractivity contribution in [2.45, 2.75) is 58.4 Å². The predicted molar refractivity (Wildman–Crippen MR) is 110 cm³/mol. The van der Waals surface area contributed by atoms with Crippen LogP contribution in [0.5, 0.6) is 0 Å². The van der Waals surface area contributed by atoms with Crippen molar-refractivity contribution < 1.29 is 23.8 Å². The van der Waals surface area contributed by atoms with E-state index in [1.165, 1.54) is 0 Å². The van der Waals surface area contributed by atoms with Gasteiger partial charge in [-0.2, -0.15) is 0 Å². The lowest BCUT2D eigenvalue weighted by Crippen LogP contribution is -2.48. The number of ether oxygens (including phenoxy) is 3. The lowest BCUT2D eigenvalue weighted by molar-refractivity contribution is -0.123. The third-order valence-corrected chi connectivity index (χ3v) is 4.49. The smallest absolute Gasteiger partial charge is 0.220 e. The van der Waals surface area contributed by atoms with Gasteiger partial charge in [0.05, 0.1) is 32.0 Å². The third-order valence-electron chi connectivity index (χ3n) is 4.49. The van der Waals surface area contributed by atoms with E-state index in [4.69, 9.17) is 20.6 Å². The first-order valence-corrected chi connectivity index (χ1v) is 10.2. The molecule has 2 N–H and O–H groups in total. The Morgan fingerprint density at radius 3 is 2.00 bits per heavy atom. The number of amides is 1. The molecule has 0 spiro atoms. The highest BCUT2D eigenvalue weighted by Gasteiger charge is 2.26. The molecule has 0 saturated carbocycles. The highest BCUT2D eigenvalue weighted by molar-refractivity contribution is 5.85. The summed E-state index contributed by atoms with van der Waals surface area (Å²) in [6.45, 7) is 10.2. The quantitative estimate of drug-likeness (QED) is 0.254. The number of nitrogens with one attached hydrogen (secondary N) is 2. The number of hydrogen-bond donors (Lipinski definition) is 2. The van der Waals surface area contributed by atoms with E-state index in [-0.39, 0.29) is 11.7 Å². The van der Waals surface area contributed by atoms with Gasteiger partial charge in [-0.3, -0.25) is 9.59 Å². The average Bonchev–Trinajstić information content (AvgIpc) is 2.68. The van der Waals surface area contributed by atoms with E-state index in [2.05, 4.69) is 16.6 Å². The Bertz CT molecular complexity index is 464. The summed E-state index contributed by atoms with van der Waals surface area (Å²) >= 11 is 0. The van der Waals surface area contributed by atoms with Gasteiger partial charge in [-0.1, -0.05) is 6.92 Å². The van der Waals surface area contributed by atoms with Crippen molar-refractivity contribution in [3.8, 4) is 12.3 Å². The van der Waals surface area contributed by atoms with E-state index in [9.17, 15) is 9.59 Å². The van der Waals surface area contributed by atoms with Crippen LogP contribution < -0.4 is 10.6 Å². The van der Waals surface area contributed by atoms with Crippen molar-refractivity contribution in [1.82, 2.24) is 10.6 Å². The summed E-state index contributed by atoms with van der Waals surface area (Å²) in [5.74, 6) is 2.58. The van der Waals surface area contributed by atoms with E-state index >= 15 is 0 Å². The molecule has 0 aromatic carbocycles. The van der Waals surface area contributed by atoms with Crippen LogP contribution in [0.2, 0.25) is 0 Å². The Morgan fingerprint density at radius 2 is 1.50 bits per heavy atom. The largest absolute Gasteiger partial charge is 0.379 e. The van der Waals surface area contributed by atoms with Gasteiger partial charge in [0.15, 0.2) is 0 Å². The summed E-state index contributed by atoms with van der Waals surface area (Å²) in [5.41, 5.74) is -0.434. The second kappa shape index (κ2) is 17.6. The van der Waals surface area contributed by atoms with Gasteiger partial charge in [0.25, 0.3) is 0 Å². The summed E-state index contributed by atoms with van der Waals surface area (Å²) in [6.07, 6.45) is 8.34. The van der Waals surface area contributed by atoms with Gasteiger partial charge in [-0.15, -0.1) is 12.3 Å². The molecule has 0 aliphatic carbocycles. The first-order chi connectivity index (χ1) is 13.5. The molecule has 1 atom stereocenters. The molecule has 7 heteroatoms. The molecule has 28 heavy (non-hydrogen) atoms. The van der Waals surface area contributed by atoms with Crippen molar-refractivity contribution in [1.29, 1.82) is 0 Å². The third kappa shape index (κ3) is 14.6. The predicted octanol–water partition coefficient (Wildman–Crippen LogP) is 1.69. The topological polar surface area (TPSA) is 85.9 Å². The van der Waals surface area contributed by atoms with Crippen LogP contribution in [0.1, 0.15) is 52.9 Å². The van der Waals surface area contributed by atoms with Crippen LogP contribution in [-0.4, -0.2) is 70.0 Å². The average molecular weight is 399 g/mol. The molecule has 1 amide bonds. The second-order valence-corrected chi connectivity index (χ2v) is 6.77. The number of rotatable bonds is 19. The van der Waals surface area contributed by atoms with E-state index in [1.54, 1.807) is 6.92 Å². The van der Waals surface area contributed by atoms with Gasteiger partial charge in [0.2, 0.25) is 5.91 Å². The van der Waals surface area contributed by atoms with Crippen molar-refractivity contribution >= 4 is 11.7 Å². The van der Waals surface area contributed by atoms with Gasteiger partial charge >= 0.3 is 0 Å². The van der Waals surface area contributed by atoms with Gasteiger partial charge in [-0.25, -0.2) is 0 Å². The van der Waals surface area contributed by atoms with Gasteiger partial charge in [0, 0.05) is 32.6 Å². The second-order valence-electron chi connectivity index (χ2n) is 6.77. The molecule has 0 radical (unpaired) electrons. The summed E-state index contributed by atoms with van der Waals surface area (Å²) in [7, 11) is 0. The molecule has 162 valence electrons. The maximum Gasteiger partial charge on any atom is 0.220 e. The summed E-state index contributed by atoms with van der Waals surface area (Å²) < 4.78 is 16.4. The molecule has 0 aliphatic heterocycles. The summed E-state index contributed by atoms with van der Waals surface area (Å²) in [6, 6.07) is 0. The van der Waals surface area contributed by atoms with Crippen molar-refractivity contribution in [3.05, 3.63) is 0 Å². The van der Waals surface area contributed by atoms with Crippen LogP contribution in [0.4, 0.5) is 0 Å². The molecular weight excluding hydrogens is 360 g/mol. The lowest BCUT2D eigenvalue weighted by Gasteiger charge is -2.26. The maximum absolute atomic E-state index is 11.6. The number of carbonyl (C=O) groups is 2. The van der Waals surface area contributed by atoms with Gasteiger partial charge in [-0.05, 0) is 39.7 Å². The molecule has 0 aromatic rings. The molecular formula is C21H38N2O5. The van der Waals surface area contributed by atoms with E-state index < -0.39 is 5.54 Å². The molecule has 0 rings (SSSR count). The number of hydrogen-bond acceptors (Lipinski definition) is 6.